The lowest BCUT2D eigenvalue weighted by Gasteiger charge is -2.16. The number of unbranched alkanes of at least 4 members (excludes halogenated alkanes) is 2. The largest absolute Gasteiger partial charge is 0.298 e. The van der Waals surface area contributed by atoms with Crippen molar-refractivity contribution >= 4 is 11.7 Å². The maximum absolute atomic E-state index is 13.4. The van der Waals surface area contributed by atoms with Crippen molar-refractivity contribution in [2.75, 3.05) is 11.9 Å². The normalized spacial score (nSPS) is 9.71. The zero-order valence-corrected chi connectivity index (χ0v) is 9.82. The molecule has 0 bridgehead atoms. The van der Waals surface area contributed by atoms with Crippen molar-refractivity contribution in [3.8, 4) is 12.3 Å². The number of rotatable bonds is 5. The predicted molar refractivity (Wildman–Crippen MR) is 64.9 cm³/mol. The number of carbonyl (C=O) groups is 1. The van der Waals surface area contributed by atoms with E-state index < -0.39 is 5.82 Å². The molecule has 0 N–H and O–H groups in total. The number of pyridine rings is 1. The highest BCUT2D eigenvalue weighted by molar-refractivity contribution is 5.91. The van der Waals surface area contributed by atoms with Crippen LogP contribution in [0.25, 0.3) is 0 Å². The number of carbonyl (C=O) groups excluding carboxylic acids is 1. The Morgan fingerprint density at radius 1 is 1.59 bits per heavy atom. The standard InChI is InChI=1S/C13H15FN2O/c1-3-4-5-6-9-12(17)16(2)13-11(14)8-7-10-15-13/h1,7-8,10H,4-6,9H2,2H3. The summed E-state index contributed by atoms with van der Waals surface area (Å²) in [6.07, 6.45) is 9.10. The van der Waals surface area contributed by atoms with Crippen LogP contribution in [-0.4, -0.2) is 17.9 Å². The van der Waals surface area contributed by atoms with E-state index in [0.29, 0.717) is 19.3 Å². The van der Waals surface area contributed by atoms with Gasteiger partial charge < -0.3 is 0 Å². The molecule has 3 nitrogen and oxygen atoms in total. The van der Waals surface area contributed by atoms with Gasteiger partial charge in [-0.3, -0.25) is 9.69 Å². The van der Waals surface area contributed by atoms with Crippen LogP contribution < -0.4 is 4.90 Å². The van der Waals surface area contributed by atoms with Crippen LogP contribution in [0.15, 0.2) is 18.3 Å². The van der Waals surface area contributed by atoms with E-state index in [4.69, 9.17) is 6.42 Å². The summed E-state index contributed by atoms with van der Waals surface area (Å²) in [5, 5.41) is 0. The average molecular weight is 234 g/mol. The predicted octanol–water partition coefficient (Wildman–Crippen LogP) is 2.38. The Labute approximate surface area is 101 Å². The van der Waals surface area contributed by atoms with Crippen LogP contribution in [-0.2, 0) is 4.79 Å². The topological polar surface area (TPSA) is 33.2 Å². The van der Waals surface area contributed by atoms with Crippen LogP contribution in [0.5, 0.6) is 0 Å². The molecule has 0 atom stereocenters. The van der Waals surface area contributed by atoms with E-state index in [1.54, 1.807) is 0 Å². The van der Waals surface area contributed by atoms with Gasteiger partial charge in [-0.2, -0.15) is 0 Å². The second-order valence-electron chi connectivity index (χ2n) is 3.67. The van der Waals surface area contributed by atoms with Gasteiger partial charge in [0.15, 0.2) is 11.6 Å². The molecule has 0 aliphatic rings. The highest BCUT2D eigenvalue weighted by atomic mass is 19.1. The van der Waals surface area contributed by atoms with Crippen molar-refractivity contribution in [1.82, 2.24) is 4.98 Å². The minimum absolute atomic E-state index is 0.0643. The third kappa shape index (κ3) is 3.87. The fraction of sp³-hybridized carbons (Fsp3) is 0.385. The van der Waals surface area contributed by atoms with Crippen molar-refractivity contribution in [2.24, 2.45) is 0 Å². The molecule has 0 saturated heterocycles. The van der Waals surface area contributed by atoms with Gasteiger partial charge in [0.1, 0.15) is 0 Å². The first-order chi connectivity index (χ1) is 8.16. The first-order valence-electron chi connectivity index (χ1n) is 5.47. The summed E-state index contributed by atoms with van der Waals surface area (Å²) in [4.78, 5) is 16.8. The third-order valence-corrected chi connectivity index (χ3v) is 2.39. The SMILES string of the molecule is C#CCCCCC(=O)N(C)c1ncccc1F. The Morgan fingerprint density at radius 2 is 2.35 bits per heavy atom. The molecule has 0 radical (unpaired) electrons. The van der Waals surface area contributed by atoms with E-state index >= 15 is 0 Å². The first kappa shape index (κ1) is 13.2. The molecule has 1 aromatic heterocycles. The summed E-state index contributed by atoms with van der Waals surface area (Å²) >= 11 is 0. The number of hydrogen-bond donors (Lipinski definition) is 0. The summed E-state index contributed by atoms with van der Waals surface area (Å²) in [6, 6.07) is 2.77. The summed E-state index contributed by atoms with van der Waals surface area (Å²) in [6.45, 7) is 0. The average Bonchev–Trinajstić information content (AvgIpc) is 2.34. The molecule has 0 unspecified atom stereocenters. The third-order valence-electron chi connectivity index (χ3n) is 2.39. The van der Waals surface area contributed by atoms with E-state index in [0.717, 1.165) is 6.42 Å². The van der Waals surface area contributed by atoms with Crippen LogP contribution in [0.3, 0.4) is 0 Å². The molecule has 0 aliphatic carbocycles. The molecule has 0 saturated carbocycles. The molecule has 1 aromatic rings. The number of hydrogen-bond acceptors (Lipinski definition) is 2. The van der Waals surface area contributed by atoms with Crippen molar-refractivity contribution in [3.63, 3.8) is 0 Å². The molecular formula is C13H15FN2O. The Balaban J connectivity index is 2.53. The van der Waals surface area contributed by atoms with Crippen molar-refractivity contribution in [2.45, 2.75) is 25.7 Å². The monoisotopic (exact) mass is 234 g/mol. The lowest BCUT2D eigenvalue weighted by Crippen LogP contribution is -2.27. The Hall–Kier alpha value is -1.89. The molecule has 0 fully saturated rings. The van der Waals surface area contributed by atoms with Gasteiger partial charge in [0.05, 0.1) is 0 Å². The van der Waals surface area contributed by atoms with Gasteiger partial charge in [-0.25, -0.2) is 9.37 Å². The van der Waals surface area contributed by atoms with E-state index in [1.807, 2.05) is 0 Å². The summed E-state index contributed by atoms with van der Waals surface area (Å²) in [5.41, 5.74) is 0. The van der Waals surface area contributed by atoms with Crippen molar-refractivity contribution < 1.29 is 9.18 Å². The maximum atomic E-state index is 13.4. The quantitative estimate of drug-likeness (QED) is 0.579. The highest BCUT2D eigenvalue weighted by Crippen LogP contribution is 2.15. The van der Waals surface area contributed by atoms with Gasteiger partial charge in [-0.15, -0.1) is 12.3 Å². The number of terminal acetylenes is 1. The summed E-state index contributed by atoms with van der Waals surface area (Å²) in [7, 11) is 1.52. The van der Waals surface area contributed by atoms with Gasteiger partial charge >= 0.3 is 0 Å². The fourth-order valence-corrected chi connectivity index (χ4v) is 1.41. The van der Waals surface area contributed by atoms with Gasteiger partial charge in [0.2, 0.25) is 5.91 Å². The Bertz CT molecular complexity index is 426. The van der Waals surface area contributed by atoms with Gasteiger partial charge in [-0.1, -0.05) is 0 Å². The molecule has 4 heteroatoms. The minimum Gasteiger partial charge on any atom is -0.298 e. The summed E-state index contributed by atoms with van der Waals surface area (Å²) < 4.78 is 13.4. The molecular weight excluding hydrogens is 219 g/mol. The van der Waals surface area contributed by atoms with E-state index in [9.17, 15) is 9.18 Å². The van der Waals surface area contributed by atoms with Crippen LogP contribution in [0.1, 0.15) is 25.7 Å². The highest BCUT2D eigenvalue weighted by Gasteiger charge is 2.14. The van der Waals surface area contributed by atoms with E-state index in [-0.39, 0.29) is 11.7 Å². The smallest absolute Gasteiger partial charge is 0.227 e. The maximum Gasteiger partial charge on any atom is 0.227 e. The van der Waals surface area contributed by atoms with E-state index in [2.05, 4.69) is 10.9 Å². The molecule has 90 valence electrons. The molecule has 1 amide bonds. The van der Waals surface area contributed by atoms with Crippen molar-refractivity contribution in [1.29, 1.82) is 0 Å². The lowest BCUT2D eigenvalue weighted by atomic mass is 10.2. The summed E-state index contributed by atoms with van der Waals surface area (Å²) in [5.74, 6) is 1.93. The molecule has 0 spiro atoms. The van der Waals surface area contributed by atoms with Gasteiger partial charge in [0, 0.05) is 26.1 Å². The van der Waals surface area contributed by atoms with Crippen LogP contribution in [0, 0.1) is 18.2 Å². The molecule has 0 aromatic carbocycles. The van der Waals surface area contributed by atoms with Gasteiger partial charge in [-0.05, 0) is 25.0 Å². The zero-order chi connectivity index (χ0) is 12.7. The number of aromatic nitrogens is 1. The minimum atomic E-state index is -0.494. The Kier molecular flexibility index (Phi) is 5.15. The molecule has 1 heterocycles. The number of halogens is 1. The molecule has 17 heavy (non-hydrogen) atoms. The number of amides is 1. The van der Waals surface area contributed by atoms with Crippen LogP contribution in [0.2, 0.25) is 0 Å². The fourth-order valence-electron chi connectivity index (χ4n) is 1.41. The van der Waals surface area contributed by atoms with Crippen molar-refractivity contribution in [3.05, 3.63) is 24.1 Å². The second kappa shape index (κ2) is 6.64. The van der Waals surface area contributed by atoms with Crippen LogP contribution >= 0.6 is 0 Å². The zero-order valence-electron chi connectivity index (χ0n) is 9.82. The lowest BCUT2D eigenvalue weighted by molar-refractivity contribution is -0.118. The molecule has 0 aliphatic heterocycles. The number of nitrogens with zero attached hydrogens (tertiary/aromatic N) is 2. The van der Waals surface area contributed by atoms with Crippen LogP contribution in [0.4, 0.5) is 10.2 Å². The Morgan fingerprint density at radius 3 is 3.00 bits per heavy atom. The first-order valence-corrected chi connectivity index (χ1v) is 5.47. The van der Waals surface area contributed by atoms with E-state index in [1.165, 1.54) is 30.3 Å². The molecule has 1 rings (SSSR count). The second-order valence-corrected chi connectivity index (χ2v) is 3.67. The van der Waals surface area contributed by atoms with Gasteiger partial charge in [0.25, 0.3) is 0 Å². The number of anilines is 1.